The Labute approximate surface area is 123 Å². The lowest BCUT2D eigenvalue weighted by Gasteiger charge is -2.24. The van der Waals surface area contributed by atoms with Crippen LogP contribution in [0.1, 0.15) is 41.9 Å². The molecule has 1 amide bonds. The van der Waals surface area contributed by atoms with Crippen molar-refractivity contribution in [1.82, 2.24) is 19.7 Å². The maximum atomic E-state index is 12.7. The van der Waals surface area contributed by atoms with Gasteiger partial charge in [0.15, 0.2) is 5.69 Å². The number of carbonyl (C=O) groups excluding carboxylic acids is 1. The number of carbonyl (C=O) groups is 1. The molecule has 1 saturated heterocycles. The van der Waals surface area contributed by atoms with Gasteiger partial charge in [-0.1, -0.05) is 6.07 Å². The molecule has 0 bridgehead atoms. The maximum absolute atomic E-state index is 12.7. The van der Waals surface area contributed by atoms with Gasteiger partial charge < -0.3 is 10.6 Å². The number of anilines is 1. The van der Waals surface area contributed by atoms with E-state index >= 15 is 0 Å². The summed E-state index contributed by atoms with van der Waals surface area (Å²) in [5, 5.41) is 4.29. The van der Waals surface area contributed by atoms with Crippen LogP contribution in [-0.2, 0) is 6.54 Å². The number of hydrogen-bond donors (Lipinski definition) is 1. The van der Waals surface area contributed by atoms with Crippen LogP contribution >= 0.6 is 0 Å². The molecule has 0 aromatic carbocycles. The average molecular weight is 285 g/mol. The Bertz CT molecular complexity index is 637. The van der Waals surface area contributed by atoms with Crippen LogP contribution in [0.15, 0.2) is 30.7 Å². The van der Waals surface area contributed by atoms with Crippen molar-refractivity contribution in [3.8, 4) is 0 Å². The second kappa shape index (κ2) is 5.55. The molecular weight excluding hydrogens is 266 g/mol. The highest BCUT2D eigenvalue weighted by atomic mass is 16.2. The summed E-state index contributed by atoms with van der Waals surface area (Å²) in [6.07, 6.45) is 7.21. The summed E-state index contributed by atoms with van der Waals surface area (Å²) < 4.78 is 1.69. The minimum Gasteiger partial charge on any atom is -0.396 e. The predicted octanol–water partition coefficient (Wildman–Crippen LogP) is 1.86. The number of aromatic nitrogens is 3. The van der Waals surface area contributed by atoms with Crippen molar-refractivity contribution in [1.29, 1.82) is 0 Å². The number of nitrogens with zero attached hydrogens (tertiary/aromatic N) is 4. The standard InChI is InChI=1S/C15H19N5O/c1-2-19-10-12(16)14(18-19)15(21)20-8-4-6-13(20)11-5-3-7-17-9-11/h3,5,7,9-10,13H,2,4,6,8,16H2,1H3. The molecule has 21 heavy (non-hydrogen) atoms. The zero-order chi connectivity index (χ0) is 14.8. The van der Waals surface area contributed by atoms with E-state index in [0.29, 0.717) is 17.9 Å². The van der Waals surface area contributed by atoms with Gasteiger partial charge in [-0.05, 0) is 31.4 Å². The van der Waals surface area contributed by atoms with E-state index in [4.69, 9.17) is 5.73 Å². The SMILES string of the molecule is CCn1cc(N)c(C(=O)N2CCCC2c2cccnc2)n1. The zero-order valence-electron chi connectivity index (χ0n) is 12.1. The Kier molecular flexibility index (Phi) is 3.60. The number of pyridine rings is 1. The van der Waals surface area contributed by atoms with E-state index in [1.54, 1.807) is 17.1 Å². The fraction of sp³-hybridized carbons (Fsp3) is 0.400. The summed E-state index contributed by atoms with van der Waals surface area (Å²) in [6.45, 7) is 3.40. The van der Waals surface area contributed by atoms with Crippen LogP contribution in [0.3, 0.4) is 0 Å². The van der Waals surface area contributed by atoms with Gasteiger partial charge in [0, 0.05) is 31.7 Å². The highest BCUT2D eigenvalue weighted by Gasteiger charge is 2.32. The largest absolute Gasteiger partial charge is 0.396 e. The normalized spacial score (nSPS) is 18.1. The number of likely N-dealkylation sites (tertiary alicyclic amines) is 1. The molecule has 1 aliphatic rings. The van der Waals surface area contributed by atoms with E-state index in [-0.39, 0.29) is 11.9 Å². The summed E-state index contributed by atoms with van der Waals surface area (Å²) in [4.78, 5) is 18.7. The van der Waals surface area contributed by atoms with Gasteiger partial charge in [-0.15, -0.1) is 0 Å². The summed E-state index contributed by atoms with van der Waals surface area (Å²) >= 11 is 0. The van der Waals surface area contributed by atoms with Crippen molar-refractivity contribution in [3.05, 3.63) is 42.0 Å². The van der Waals surface area contributed by atoms with Crippen molar-refractivity contribution < 1.29 is 4.79 Å². The number of aryl methyl sites for hydroxylation is 1. The van der Waals surface area contributed by atoms with E-state index in [9.17, 15) is 4.79 Å². The van der Waals surface area contributed by atoms with E-state index in [0.717, 1.165) is 24.9 Å². The highest BCUT2D eigenvalue weighted by Crippen LogP contribution is 2.33. The average Bonchev–Trinajstić information content (AvgIpc) is 3.14. The summed E-state index contributed by atoms with van der Waals surface area (Å²) in [6, 6.07) is 3.98. The lowest BCUT2D eigenvalue weighted by Crippen LogP contribution is -2.31. The molecule has 1 atom stereocenters. The van der Waals surface area contributed by atoms with Gasteiger partial charge in [-0.25, -0.2) is 0 Å². The van der Waals surface area contributed by atoms with Crippen LogP contribution < -0.4 is 5.73 Å². The first-order chi connectivity index (χ1) is 10.2. The third-order valence-corrected chi connectivity index (χ3v) is 3.90. The Balaban J connectivity index is 1.88. The van der Waals surface area contributed by atoms with Crippen LogP contribution in [0.5, 0.6) is 0 Å². The third kappa shape index (κ3) is 2.49. The molecule has 0 radical (unpaired) electrons. The molecule has 2 N–H and O–H groups in total. The third-order valence-electron chi connectivity index (χ3n) is 3.90. The number of hydrogen-bond acceptors (Lipinski definition) is 4. The number of amides is 1. The van der Waals surface area contributed by atoms with Gasteiger partial charge in [-0.2, -0.15) is 5.10 Å². The van der Waals surface area contributed by atoms with Crippen molar-refractivity contribution in [2.75, 3.05) is 12.3 Å². The van der Waals surface area contributed by atoms with Crippen LogP contribution in [0.2, 0.25) is 0 Å². The van der Waals surface area contributed by atoms with Gasteiger partial charge >= 0.3 is 0 Å². The van der Waals surface area contributed by atoms with Gasteiger partial charge in [0.1, 0.15) is 0 Å². The molecule has 110 valence electrons. The van der Waals surface area contributed by atoms with Gasteiger partial charge in [-0.3, -0.25) is 14.5 Å². The Morgan fingerprint density at radius 2 is 2.38 bits per heavy atom. The lowest BCUT2D eigenvalue weighted by molar-refractivity contribution is 0.0729. The Morgan fingerprint density at radius 3 is 3.05 bits per heavy atom. The fourth-order valence-corrected chi connectivity index (χ4v) is 2.83. The lowest BCUT2D eigenvalue weighted by atomic mass is 10.1. The quantitative estimate of drug-likeness (QED) is 0.933. The molecule has 1 unspecified atom stereocenters. The fourth-order valence-electron chi connectivity index (χ4n) is 2.83. The molecule has 3 heterocycles. The first kappa shape index (κ1) is 13.6. The van der Waals surface area contributed by atoms with Crippen molar-refractivity contribution in [3.63, 3.8) is 0 Å². The number of nitrogen functional groups attached to an aromatic ring is 1. The second-order valence-electron chi connectivity index (χ2n) is 5.23. The van der Waals surface area contributed by atoms with E-state index < -0.39 is 0 Å². The molecule has 1 fully saturated rings. The van der Waals surface area contributed by atoms with Crippen LogP contribution in [-0.4, -0.2) is 32.1 Å². The predicted molar refractivity (Wildman–Crippen MR) is 79.6 cm³/mol. The van der Waals surface area contributed by atoms with Crippen molar-refractivity contribution in [2.45, 2.75) is 32.4 Å². The number of nitrogens with two attached hydrogens (primary N) is 1. The molecular formula is C15H19N5O. The highest BCUT2D eigenvalue weighted by molar-refractivity contribution is 5.97. The topological polar surface area (TPSA) is 77.0 Å². The maximum Gasteiger partial charge on any atom is 0.277 e. The molecule has 0 spiro atoms. The van der Waals surface area contributed by atoms with Crippen LogP contribution in [0.4, 0.5) is 5.69 Å². The van der Waals surface area contributed by atoms with Gasteiger partial charge in [0.05, 0.1) is 11.7 Å². The van der Waals surface area contributed by atoms with Crippen molar-refractivity contribution in [2.24, 2.45) is 0 Å². The summed E-state index contributed by atoms with van der Waals surface area (Å²) in [5.74, 6) is -0.0916. The van der Waals surface area contributed by atoms with E-state index in [1.807, 2.05) is 30.2 Å². The van der Waals surface area contributed by atoms with Crippen molar-refractivity contribution >= 4 is 11.6 Å². The van der Waals surface area contributed by atoms with Crippen LogP contribution in [0, 0.1) is 0 Å². The Morgan fingerprint density at radius 1 is 1.52 bits per heavy atom. The molecule has 0 saturated carbocycles. The summed E-state index contributed by atoms with van der Waals surface area (Å²) in [7, 11) is 0. The molecule has 2 aromatic heterocycles. The van der Waals surface area contributed by atoms with Crippen LogP contribution in [0.25, 0.3) is 0 Å². The smallest absolute Gasteiger partial charge is 0.277 e. The molecule has 6 heteroatoms. The minimum absolute atomic E-state index is 0.0670. The number of rotatable bonds is 3. The summed E-state index contributed by atoms with van der Waals surface area (Å²) in [5.41, 5.74) is 7.79. The van der Waals surface area contributed by atoms with Gasteiger partial charge in [0.2, 0.25) is 0 Å². The van der Waals surface area contributed by atoms with E-state index in [1.165, 1.54) is 0 Å². The first-order valence-electron chi connectivity index (χ1n) is 7.24. The minimum atomic E-state index is -0.0916. The monoisotopic (exact) mass is 285 g/mol. The van der Waals surface area contributed by atoms with Gasteiger partial charge in [0.25, 0.3) is 5.91 Å². The Hall–Kier alpha value is -2.37. The molecule has 6 nitrogen and oxygen atoms in total. The molecule has 3 rings (SSSR count). The van der Waals surface area contributed by atoms with E-state index in [2.05, 4.69) is 10.1 Å². The first-order valence-corrected chi connectivity index (χ1v) is 7.24. The second-order valence-corrected chi connectivity index (χ2v) is 5.23. The molecule has 0 aliphatic carbocycles. The zero-order valence-corrected chi connectivity index (χ0v) is 12.1. The molecule has 1 aliphatic heterocycles. The molecule has 2 aromatic rings.